The first-order valence-electron chi connectivity index (χ1n) is 7.78. The molecule has 2 unspecified atom stereocenters. The molecule has 0 spiro atoms. The zero-order valence-electron chi connectivity index (χ0n) is 13.9. The van der Waals surface area contributed by atoms with Gasteiger partial charge in [0, 0.05) is 19.0 Å². The molecule has 124 valence electrons. The molecule has 0 aromatic heterocycles. The number of nitrogens with one attached hydrogen (secondary N) is 2. The Bertz CT molecular complexity index is 463. The molecule has 0 heterocycles. The number of amides is 2. The molecule has 0 saturated carbocycles. The van der Waals surface area contributed by atoms with Crippen molar-refractivity contribution in [2.75, 3.05) is 20.2 Å². The second-order valence-corrected chi connectivity index (χ2v) is 5.88. The zero-order chi connectivity index (χ0) is 16.5. The van der Waals surface area contributed by atoms with Gasteiger partial charge in [0.2, 0.25) is 0 Å². The topological polar surface area (TPSA) is 70.6 Å². The van der Waals surface area contributed by atoms with Gasteiger partial charge in [-0.1, -0.05) is 39.0 Å². The maximum atomic E-state index is 11.7. The summed E-state index contributed by atoms with van der Waals surface area (Å²) in [6.45, 7) is 6.95. The molecule has 1 aromatic carbocycles. The van der Waals surface area contributed by atoms with Crippen molar-refractivity contribution in [1.29, 1.82) is 0 Å². The maximum absolute atomic E-state index is 11.7. The molecule has 1 rings (SSSR count). The van der Waals surface area contributed by atoms with Crippen LogP contribution in [0.4, 0.5) is 4.79 Å². The predicted octanol–water partition coefficient (Wildman–Crippen LogP) is 2.50. The van der Waals surface area contributed by atoms with E-state index in [1.54, 1.807) is 7.11 Å². The number of carbonyl (C=O) groups is 1. The number of benzene rings is 1. The Morgan fingerprint density at radius 3 is 2.55 bits per heavy atom. The van der Waals surface area contributed by atoms with Gasteiger partial charge >= 0.3 is 6.03 Å². The fourth-order valence-corrected chi connectivity index (χ4v) is 2.16. The Morgan fingerprint density at radius 1 is 1.23 bits per heavy atom. The lowest BCUT2D eigenvalue weighted by Crippen LogP contribution is -2.39. The summed E-state index contributed by atoms with van der Waals surface area (Å²) < 4.78 is 5.33. The highest BCUT2D eigenvalue weighted by molar-refractivity contribution is 5.73. The van der Waals surface area contributed by atoms with E-state index in [1.807, 2.05) is 45.0 Å². The van der Waals surface area contributed by atoms with E-state index in [-0.39, 0.29) is 24.0 Å². The van der Waals surface area contributed by atoms with E-state index in [9.17, 15) is 9.90 Å². The molecule has 22 heavy (non-hydrogen) atoms. The number of ether oxygens (including phenoxy) is 1. The van der Waals surface area contributed by atoms with Crippen molar-refractivity contribution in [2.45, 2.75) is 39.2 Å². The summed E-state index contributed by atoms with van der Waals surface area (Å²) in [4.78, 5) is 11.7. The number of rotatable bonds is 8. The summed E-state index contributed by atoms with van der Waals surface area (Å²) in [5.74, 6) is 1.19. The lowest BCUT2D eigenvalue weighted by molar-refractivity contribution is 0.116. The molecule has 0 bridgehead atoms. The van der Waals surface area contributed by atoms with E-state index in [2.05, 4.69) is 10.6 Å². The summed E-state index contributed by atoms with van der Waals surface area (Å²) in [5, 5.41) is 15.3. The van der Waals surface area contributed by atoms with Crippen LogP contribution in [0, 0.1) is 5.92 Å². The standard InChI is InChI=1S/C17H28N2O3/c1-12(2)15(20)9-10-18-17(21)19-11-13(3)14-7-5-6-8-16(14)22-4/h5-8,12-13,15,20H,9-11H2,1-4H3,(H2,18,19,21). The molecule has 0 aliphatic rings. The van der Waals surface area contributed by atoms with Crippen LogP contribution in [-0.2, 0) is 0 Å². The zero-order valence-corrected chi connectivity index (χ0v) is 13.9. The van der Waals surface area contributed by atoms with Crippen molar-refractivity contribution in [2.24, 2.45) is 5.92 Å². The van der Waals surface area contributed by atoms with E-state index < -0.39 is 0 Å². The maximum Gasteiger partial charge on any atom is 0.314 e. The van der Waals surface area contributed by atoms with Crippen LogP contribution in [0.15, 0.2) is 24.3 Å². The fraction of sp³-hybridized carbons (Fsp3) is 0.588. The Kier molecular flexibility index (Phi) is 7.74. The molecule has 2 amide bonds. The smallest absolute Gasteiger partial charge is 0.314 e. The quantitative estimate of drug-likeness (QED) is 0.691. The van der Waals surface area contributed by atoms with Crippen LogP contribution >= 0.6 is 0 Å². The van der Waals surface area contributed by atoms with Gasteiger partial charge in [0.05, 0.1) is 13.2 Å². The van der Waals surface area contributed by atoms with Crippen LogP contribution in [0.3, 0.4) is 0 Å². The Balaban J connectivity index is 2.34. The van der Waals surface area contributed by atoms with E-state index in [4.69, 9.17) is 4.74 Å². The van der Waals surface area contributed by atoms with Gasteiger partial charge in [-0.2, -0.15) is 0 Å². The van der Waals surface area contributed by atoms with E-state index in [1.165, 1.54) is 0 Å². The molecule has 5 nitrogen and oxygen atoms in total. The van der Waals surface area contributed by atoms with Gasteiger partial charge in [-0.05, 0) is 24.0 Å². The lowest BCUT2D eigenvalue weighted by Gasteiger charge is -2.17. The molecule has 0 aliphatic carbocycles. The van der Waals surface area contributed by atoms with Crippen LogP contribution < -0.4 is 15.4 Å². The molecular formula is C17H28N2O3. The average molecular weight is 308 g/mol. The molecular weight excluding hydrogens is 280 g/mol. The van der Waals surface area contributed by atoms with Crippen molar-refractivity contribution in [3.63, 3.8) is 0 Å². The third-order valence-electron chi connectivity index (χ3n) is 3.73. The monoisotopic (exact) mass is 308 g/mol. The fourth-order valence-electron chi connectivity index (χ4n) is 2.16. The van der Waals surface area contributed by atoms with E-state index >= 15 is 0 Å². The highest BCUT2D eigenvalue weighted by Gasteiger charge is 2.13. The van der Waals surface area contributed by atoms with Crippen molar-refractivity contribution < 1.29 is 14.6 Å². The van der Waals surface area contributed by atoms with E-state index in [0.29, 0.717) is 19.5 Å². The summed E-state index contributed by atoms with van der Waals surface area (Å²) in [6, 6.07) is 7.59. The first-order chi connectivity index (χ1) is 10.5. The predicted molar refractivity (Wildman–Crippen MR) is 88.3 cm³/mol. The van der Waals surface area contributed by atoms with Gasteiger partial charge in [-0.25, -0.2) is 4.79 Å². The van der Waals surface area contributed by atoms with Crippen molar-refractivity contribution >= 4 is 6.03 Å². The molecule has 0 radical (unpaired) electrons. The molecule has 0 fully saturated rings. The lowest BCUT2D eigenvalue weighted by atomic mass is 10.0. The molecule has 0 aliphatic heterocycles. The summed E-state index contributed by atoms with van der Waals surface area (Å²) in [7, 11) is 1.64. The number of aliphatic hydroxyl groups excluding tert-OH is 1. The minimum Gasteiger partial charge on any atom is -0.496 e. The second kappa shape index (κ2) is 9.30. The molecule has 5 heteroatoms. The Labute approximate surface area is 133 Å². The van der Waals surface area contributed by atoms with Crippen LogP contribution in [0.2, 0.25) is 0 Å². The number of aliphatic hydroxyl groups is 1. The SMILES string of the molecule is COc1ccccc1C(C)CNC(=O)NCCC(O)C(C)C. The number of hydrogen-bond donors (Lipinski definition) is 3. The van der Waals surface area contributed by atoms with Crippen molar-refractivity contribution in [1.82, 2.24) is 10.6 Å². The van der Waals surface area contributed by atoms with Gasteiger partial charge in [0.15, 0.2) is 0 Å². The average Bonchev–Trinajstić information content (AvgIpc) is 2.52. The first kappa shape index (κ1) is 18.3. The molecule has 0 saturated heterocycles. The van der Waals surface area contributed by atoms with Crippen LogP contribution in [0.5, 0.6) is 5.75 Å². The summed E-state index contributed by atoms with van der Waals surface area (Å²) in [5.41, 5.74) is 1.07. The number of hydrogen-bond acceptors (Lipinski definition) is 3. The molecule has 1 aromatic rings. The largest absolute Gasteiger partial charge is 0.496 e. The number of para-hydroxylation sites is 1. The van der Waals surface area contributed by atoms with Gasteiger partial charge in [-0.15, -0.1) is 0 Å². The van der Waals surface area contributed by atoms with Gasteiger partial charge in [0.1, 0.15) is 5.75 Å². The summed E-state index contributed by atoms with van der Waals surface area (Å²) in [6.07, 6.45) is 0.181. The third kappa shape index (κ3) is 5.93. The third-order valence-corrected chi connectivity index (χ3v) is 3.73. The molecule has 2 atom stereocenters. The van der Waals surface area contributed by atoms with Gasteiger partial charge in [-0.3, -0.25) is 0 Å². The minimum absolute atomic E-state index is 0.156. The second-order valence-electron chi connectivity index (χ2n) is 5.88. The van der Waals surface area contributed by atoms with Crippen LogP contribution in [0.1, 0.15) is 38.7 Å². The normalized spacial score (nSPS) is 13.5. The Morgan fingerprint density at radius 2 is 1.91 bits per heavy atom. The highest BCUT2D eigenvalue weighted by atomic mass is 16.5. The minimum atomic E-state index is -0.382. The number of urea groups is 1. The van der Waals surface area contributed by atoms with Crippen LogP contribution in [0.25, 0.3) is 0 Å². The summed E-state index contributed by atoms with van der Waals surface area (Å²) >= 11 is 0. The highest BCUT2D eigenvalue weighted by Crippen LogP contribution is 2.25. The van der Waals surface area contributed by atoms with Crippen molar-refractivity contribution in [3.8, 4) is 5.75 Å². The Hall–Kier alpha value is -1.75. The van der Waals surface area contributed by atoms with Gasteiger partial charge in [0.25, 0.3) is 0 Å². The molecule has 3 N–H and O–H groups in total. The van der Waals surface area contributed by atoms with Crippen molar-refractivity contribution in [3.05, 3.63) is 29.8 Å². The van der Waals surface area contributed by atoms with Crippen LogP contribution in [-0.4, -0.2) is 37.4 Å². The number of carbonyl (C=O) groups excluding carboxylic acids is 1. The van der Waals surface area contributed by atoms with E-state index in [0.717, 1.165) is 11.3 Å². The van der Waals surface area contributed by atoms with Gasteiger partial charge < -0.3 is 20.5 Å². The first-order valence-corrected chi connectivity index (χ1v) is 7.78. The number of methoxy groups -OCH3 is 1.